The SMILES string of the molecule is C=CC(=O)Nc1cccc(C(=O)Nc2nc3cccc(Cl)c3n2[C@@H]2CCCCN(C(=O)/C=C/CN(C)C)C2)c1. The molecule has 2 N–H and O–H groups in total. The van der Waals surface area contributed by atoms with Crippen molar-refractivity contribution in [2.75, 3.05) is 44.4 Å². The van der Waals surface area contributed by atoms with Crippen molar-refractivity contribution < 1.29 is 14.4 Å². The number of benzene rings is 2. The predicted octanol–water partition coefficient (Wildman–Crippen LogP) is 4.74. The van der Waals surface area contributed by atoms with Crippen LogP contribution in [0.1, 0.15) is 35.7 Å². The number of anilines is 2. The van der Waals surface area contributed by atoms with E-state index in [9.17, 15) is 14.4 Å². The zero-order chi connectivity index (χ0) is 27.9. The molecule has 1 aromatic heterocycles. The van der Waals surface area contributed by atoms with Crippen LogP contribution in [0.25, 0.3) is 11.0 Å². The van der Waals surface area contributed by atoms with Gasteiger partial charge < -0.3 is 19.7 Å². The Hall–Kier alpha value is -3.95. The maximum Gasteiger partial charge on any atom is 0.258 e. The number of halogens is 1. The molecule has 3 aromatic rings. The highest BCUT2D eigenvalue weighted by atomic mass is 35.5. The molecule has 0 unspecified atom stereocenters. The number of likely N-dealkylation sites (N-methyl/N-ethyl adjacent to an activating group) is 1. The van der Waals surface area contributed by atoms with Crippen LogP contribution >= 0.6 is 11.6 Å². The number of carbonyl (C=O) groups excluding carboxylic acids is 3. The Labute approximate surface area is 233 Å². The van der Waals surface area contributed by atoms with E-state index < -0.39 is 0 Å². The fourth-order valence-electron chi connectivity index (χ4n) is 4.66. The summed E-state index contributed by atoms with van der Waals surface area (Å²) in [5.41, 5.74) is 2.19. The van der Waals surface area contributed by atoms with Gasteiger partial charge in [0, 0.05) is 37.0 Å². The Morgan fingerprint density at radius 1 is 1.15 bits per heavy atom. The third-order valence-electron chi connectivity index (χ3n) is 6.52. The number of carbonyl (C=O) groups is 3. The molecule has 2 heterocycles. The van der Waals surface area contributed by atoms with Crippen LogP contribution in [-0.2, 0) is 9.59 Å². The van der Waals surface area contributed by atoms with Gasteiger partial charge in [0.25, 0.3) is 5.91 Å². The number of para-hydroxylation sites is 1. The maximum absolute atomic E-state index is 13.3. The molecule has 0 saturated carbocycles. The number of amides is 3. The normalized spacial score (nSPS) is 15.9. The summed E-state index contributed by atoms with van der Waals surface area (Å²) < 4.78 is 1.95. The third-order valence-corrected chi connectivity index (χ3v) is 6.82. The van der Waals surface area contributed by atoms with Crippen molar-refractivity contribution in [1.29, 1.82) is 0 Å². The van der Waals surface area contributed by atoms with Gasteiger partial charge in [0.05, 0.1) is 22.1 Å². The van der Waals surface area contributed by atoms with Crippen LogP contribution in [0, 0.1) is 0 Å². The smallest absolute Gasteiger partial charge is 0.258 e. The first-order valence-electron chi connectivity index (χ1n) is 12.9. The summed E-state index contributed by atoms with van der Waals surface area (Å²) in [5, 5.41) is 6.13. The highest BCUT2D eigenvalue weighted by Crippen LogP contribution is 2.34. The van der Waals surface area contributed by atoms with E-state index >= 15 is 0 Å². The van der Waals surface area contributed by atoms with Crippen LogP contribution in [0.4, 0.5) is 11.6 Å². The van der Waals surface area contributed by atoms with E-state index in [4.69, 9.17) is 16.6 Å². The fourth-order valence-corrected chi connectivity index (χ4v) is 4.92. The monoisotopic (exact) mass is 548 g/mol. The molecule has 3 amide bonds. The van der Waals surface area contributed by atoms with Crippen LogP contribution in [0.15, 0.2) is 67.3 Å². The summed E-state index contributed by atoms with van der Waals surface area (Å²) in [6.45, 7) is 5.26. The Balaban J connectivity index is 1.65. The van der Waals surface area contributed by atoms with E-state index in [-0.39, 0.29) is 23.8 Å². The average molecular weight is 549 g/mol. The molecule has 1 atom stereocenters. The molecule has 9 nitrogen and oxygen atoms in total. The topological polar surface area (TPSA) is 99.6 Å². The molecule has 1 aliphatic rings. The fraction of sp³-hybridized carbons (Fsp3) is 0.310. The van der Waals surface area contributed by atoms with E-state index in [0.717, 1.165) is 25.3 Å². The van der Waals surface area contributed by atoms with Crippen molar-refractivity contribution in [2.45, 2.75) is 25.3 Å². The summed E-state index contributed by atoms with van der Waals surface area (Å²) in [6.07, 6.45) is 7.25. The lowest BCUT2D eigenvalue weighted by molar-refractivity contribution is -0.126. The minimum atomic E-state index is -0.384. The average Bonchev–Trinajstić information content (AvgIpc) is 3.10. The third kappa shape index (κ3) is 6.93. The Bertz CT molecular complexity index is 1410. The molecule has 39 heavy (non-hydrogen) atoms. The van der Waals surface area contributed by atoms with Crippen molar-refractivity contribution in [3.63, 3.8) is 0 Å². The number of likely N-dealkylation sites (tertiary alicyclic amines) is 1. The summed E-state index contributed by atoms with van der Waals surface area (Å²) in [5.74, 6) is -0.437. The molecule has 0 bridgehead atoms. The van der Waals surface area contributed by atoms with Gasteiger partial charge in [-0.3, -0.25) is 19.7 Å². The summed E-state index contributed by atoms with van der Waals surface area (Å²) >= 11 is 6.65. The zero-order valence-corrected chi connectivity index (χ0v) is 22.9. The van der Waals surface area contributed by atoms with Crippen LogP contribution in [0.3, 0.4) is 0 Å². The number of aromatic nitrogens is 2. The number of hydrogen-bond donors (Lipinski definition) is 2. The number of rotatable bonds is 8. The molecule has 10 heteroatoms. The summed E-state index contributed by atoms with van der Waals surface area (Å²) in [6, 6.07) is 11.9. The van der Waals surface area contributed by atoms with E-state index in [1.807, 2.05) is 46.7 Å². The van der Waals surface area contributed by atoms with Gasteiger partial charge in [-0.05, 0) is 69.8 Å². The van der Waals surface area contributed by atoms with Crippen molar-refractivity contribution in [2.24, 2.45) is 0 Å². The second kappa shape index (κ2) is 12.7. The van der Waals surface area contributed by atoms with Gasteiger partial charge in [-0.1, -0.05) is 36.4 Å². The summed E-state index contributed by atoms with van der Waals surface area (Å²) in [7, 11) is 3.90. The second-order valence-corrected chi connectivity index (χ2v) is 10.1. The Morgan fingerprint density at radius 2 is 1.95 bits per heavy atom. The lowest BCUT2D eigenvalue weighted by Crippen LogP contribution is -2.34. The van der Waals surface area contributed by atoms with E-state index in [1.165, 1.54) is 0 Å². The van der Waals surface area contributed by atoms with Gasteiger partial charge in [-0.25, -0.2) is 4.98 Å². The lowest BCUT2D eigenvalue weighted by atomic mass is 10.1. The Morgan fingerprint density at radius 3 is 2.72 bits per heavy atom. The van der Waals surface area contributed by atoms with E-state index in [1.54, 1.807) is 36.4 Å². The van der Waals surface area contributed by atoms with Gasteiger partial charge in [0.1, 0.15) is 0 Å². The van der Waals surface area contributed by atoms with Crippen molar-refractivity contribution in [1.82, 2.24) is 19.4 Å². The van der Waals surface area contributed by atoms with E-state index in [2.05, 4.69) is 17.2 Å². The number of nitrogens with one attached hydrogen (secondary N) is 2. The molecule has 204 valence electrons. The molecular weight excluding hydrogens is 516 g/mol. The molecule has 1 aliphatic heterocycles. The van der Waals surface area contributed by atoms with Crippen LogP contribution in [-0.4, -0.2) is 70.8 Å². The minimum Gasteiger partial charge on any atom is -0.337 e. The van der Waals surface area contributed by atoms with Crippen LogP contribution < -0.4 is 10.6 Å². The predicted molar refractivity (Wildman–Crippen MR) is 155 cm³/mol. The molecule has 0 radical (unpaired) electrons. The zero-order valence-electron chi connectivity index (χ0n) is 22.2. The number of nitrogens with zero attached hydrogens (tertiary/aromatic N) is 4. The molecule has 1 saturated heterocycles. The van der Waals surface area contributed by atoms with Crippen molar-refractivity contribution in [3.8, 4) is 0 Å². The van der Waals surface area contributed by atoms with E-state index in [0.29, 0.717) is 52.9 Å². The molecular formula is C29H33ClN6O3. The van der Waals surface area contributed by atoms with Gasteiger partial charge in [0.2, 0.25) is 17.8 Å². The van der Waals surface area contributed by atoms with Crippen molar-refractivity contribution >= 4 is 52.0 Å². The van der Waals surface area contributed by atoms with Crippen LogP contribution in [0.5, 0.6) is 0 Å². The molecule has 4 rings (SSSR count). The first-order chi connectivity index (χ1) is 18.8. The minimum absolute atomic E-state index is 0.0387. The molecule has 0 aliphatic carbocycles. The van der Waals surface area contributed by atoms with Gasteiger partial charge in [-0.15, -0.1) is 0 Å². The van der Waals surface area contributed by atoms with Gasteiger partial charge in [-0.2, -0.15) is 0 Å². The quantitative estimate of drug-likeness (QED) is 0.396. The van der Waals surface area contributed by atoms with Crippen molar-refractivity contribution in [3.05, 3.63) is 77.9 Å². The molecule has 2 aromatic carbocycles. The Kier molecular flexibility index (Phi) is 9.16. The standard InChI is InChI=1S/C29H33ClN6O3/c1-4-25(37)31-21-11-7-10-20(18-21)28(39)33-29-32-24-14-8-13-23(30)27(24)36(29)22-12-5-6-17-35(19-22)26(38)15-9-16-34(2)3/h4,7-11,13-15,18,22H,1,5-6,12,16-17,19H2,2-3H3,(H,31,37)(H,32,33,39)/b15-9+/t22-/m1/s1. The van der Waals surface area contributed by atoms with Crippen LogP contribution in [0.2, 0.25) is 5.02 Å². The van der Waals surface area contributed by atoms with Gasteiger partial charge >= 0.3 is 0 Å². The maximum atomic E-state index is 13.3. The molecule has 1 fully saturated rings. The van der Waals surface area contributed by atoms with Gasteiger partial charge in [0.15, 0.2) is 0 Å². The first kappa shape index (κ1) is 28.1. The lowest BCUT2D eigenvalue weighted by Gasteiger charge is -2.26. The largest absolute Gasteiger partial charge is 0.337 e. The second-order valence-electron chi connectivity index (χ2n) is 9.74. The molecule has 0 spiro atoms. The summed E-state index contributed by atoms with van der Waals surface area (Å²) in [4.78, 5) is 46.6. The number of imidazole rings is 1. The first-order valence-corrected chi connectivity index (χ1v) is 13.3. The number of fused-ring (bicyclic) bond motifs is 1. The number of hydrogen-bond acceptors (Lipinski definition) is 5. The highest BCUT2D eigenvalue weighted by molar-refractivity contribution is 6.35. The highest BCUT2D eigenvalue weighted by Gasteiger charge is 2.27.